The van der Waals surface area contributed by atoms with Crippen LogP contribution < -0.4 is 0 Å². The number of hydrogen-bond acceptors (Lipinski definition) is 5. The average Bonchev–Trinajstić information content (AvgIpc) is 2.21. The minimum atomic E-state index is -0.717. The van der Waals surface area contributed by atoms with Crippen LogP contribution in [-0.2, 0) is 0 Å². The van der Waals surface area contributed by atoms with Gasteiger partial charge in [-0.3, -0.25) is 4.98 Å². The molecule has 0 aliphatic rings. The first kappa shape index (κ1) is 14.2. The van der Waals surface area contributed by atoms with Crippen molar-refractivity contribution in [2.24, 2.45) is 5.18 Å². The first-order valence-corrected chi connectivity index (χ1v) is 6.84. The summed E-state index contributed by atoms with van der Waals surface area (Å²) in [6, 6.07) is 3.93. The van der Waals surface area contributed by atoms with Gasteiger partial charge in [-0.25, -0.2) is 0 Å². The Labute approximate surface area is 120 Å². The van der Waals surface area contributed by atoms with Crippen molar-refractivity contribution in [2.75, 3.05) is 6.54 Å². The van der Waals surface area contributed by atoms with E-state index in [2.05, 4.69) is 58.0 Å². The van der Waals surface area contributed by atoms with Gasteiger partial charge in [0, 0.05) is 12.1 Å². The maximum atomic E-state index is 10.4. The molecule has 0 radical (unpaired) electrons. The molecule has 0 aromatic carbocycles. The number of thiol groups is 2. The summed E-state index contributed by atoms with van der Waals surface area (Å²) in [5.74, 6) is 0.0568. The molecule has 0 fully saturated rings. The highest BCUT2D eigenvalue weighted by Crippen LogP contribution is 2.39. The van der Waals surface area contributed by atoms with Gasteiger partial charge in [0.15, 0.2) is 0 Å². The monoisotopic (exact) mass is 368 g/mol. The largest absolute Gasteiger partial charge is 0.250 e. The number of halogens is 1. The first-order chi connectivity index (χ1) is 7.51. The van der Waals surface area contributed by atoms with E-state index in [1.807, 2.05) is 25.3 Å². The molecule has 0 saturated heterocycles. The zero-order valence-corrected chi connectivity index (χ0v) is 12.7. The molecule has 0 amide bonds. The van der Waals surface area contributed by atoms with E-state index in [1.54, 1.807) is 0 Å². The highest BCUT2D eigenvalue weighted by atomic mass is 127. The van der Waals surface area contributed by atoms with Gasteiger partial charge in [-0.05, 0) is 40.6 Å². The summed E-state index contributed by atoms with van der Waals surface area (Å²) in [7, 11) is 0. The van der Waals surface area contributed by atoms with Crippen molar-refractivity contribution >= 4 is 47.8 Å². The van der Waals surface area contributed by atoms with E-state index >= 15 is 0 Å². The Balaban J connectivity index is 2.97. The molecule has 88 valence electrons. The molecular weight excluding hydrogens is 355 g/mol. The van der Waals surface area contributed by atoms with Crippen molar-refractivity contribution < 1.29 is 0 Å². The van der Waals surface area contributed by atoms with Crippen LogP contribution in [0, 0.1) is 8.61 Å². The summed E-state index contributed by atoms with van der Waals surface area (Å²) >= 11 is 11.0. The Morgan fingerprint density at radius 1 is 1.56 bits per heavy atom. The molecule has 6 heteroatoms. The third-order valence-electron chi connectivity index (χ3n) is 2.42. The lowest BCUT2D eigenvalue weighted by Gasteiger charge is -2.29. The molecule has 1 heterocycles. The third kappa shape index (κ3) is 3.59. The predicted octanol–water partition coefficient (Wildman–Crippen LogP) is 3.50. The fraction of sp³-hybridized carbons (Fsp3) is 0.500. The van der Waals surface area contributed by atoms with Crippen LogP contribution in [0.15, 0.2) is 23.5 Å². The lowest BCUT2D eigenvalue weighted by atomic mass is 9.93. The highest BCUT2D eigenvalue weighted by Gasteiger charge is 2.32. The van der Waals surface area contributed by atoms with Gasteiger partial charge in [-0.15, -0.1) is 0 Å². The van der Waals surface area contributed by atoms with Gasteiger partial charge in [-0.1, -0.05) is 18.2 Å². The van der Waals surface area contributed by atoms with Crippen LogP contribution in [0.1, 0.15) is 24.8 Å². The fourth-order valence-electron chi connectivity index (χ4n) is 1.63. The Morgan fingerprint density at radius 2 is 2.25 bits per heavy atom. The molecule has 0 bridgehead atoms. The summed E-state index contributed by atoms with van der Waals surface area (Å²) in [5, 5.41) is 2.89. The molecule has 1 aromatic rings. The topological polar surface area (TPSA) is 42.3 Å². The van der Waals surface area contributed by atoms with Gasteiger partial charge in [0.25, 0.3) is 0 Å². The van der Waals surface area contributed by atoms with Gasteiger partial charge >= 0.3 is 0 Å². The summed E-state index contributed by atoms with van der Waals surface area (Å²) in [6.45, 7) is 2.11. The van der Waals surface area contributed by atoms with E-state index in [-0.39, 0.29) is 12.5 Å². The van der Waals surface area contributed by atoms with Gasteiger partial charge in [-0.2, -0.15) is 30.2 Å². The van der Waals surface area contributed by atoms with Crippen LogP contribution >= 0.6 is 47.8 Å². The zero-order valence-electron chi connectivity index (χ0n) is 8.80. The Kier molecular flexibility index (Phi) is 5.52. The van der Waals surface area contributed by atoms with Crippen LogP contribution in [0.3, 0.4) is 0 Å². The molecule has 1 rings (SSSR count). The van der Waals surface area contributed by atoms with Crippen LogP contribution in [0.4, 0.5) is 0 Å². The SMILES string of the molecule is CCC(c1ccc(I)nc1)C(S)(S)CN=O. The normalized spacial score (nSPS) is 13.5. The van der Waals surface area contributed by atoms with Gasteiger partial charge in [0.1, 0.15) is 10.2 Å². The number of pyridine rings is 1. The van der Waals surface area contributed by atoms with Crippen molar-refractivity contribution in [1.82, 2.24) is 4.98 Å². The lowest BCUT2D eigenvalue weighted by Crippen LogP contribution is -2.27. The Bertz CT molecular complexity index is 356. The summed E-state index contributed by atoms with van der Waals surface area (Å²) in [4.78, 5) is 14.6. The Hall–Kier alpha value is 0.180. The lowest BCUT2D eigenvalue weighted by molar-refractivity contribution is 0.598. The highest BCUT2D eigenvalue weighted by molar-refractivity contribution is 14.1. The van der Waals surface area contributed by atoms with E-state index in [9.17, 15) is 4.91 Å². The minimum absolute atomic E-state index is 0.0568. The summed E-state index contributed by atoms with van der Waals surface area (Å²) < 4.78 is 0.221. The van der Waals surface area contributed by atoms with Gasteiger partial charge in [0.2, 0.25) is 0 Å². The smallest absolute Gasteiger partial charge is 0.105 e. The van der Waals surface area contributed by atoms with Crippen molar-refractivity contribution in [3.63, 3.8) is 0 Å². The van der Waals surface area contributed by atoms with E-state index in [1.165, 1.54) is 0 Å². The summed E-state index contributed by atoms with van der Waals surface area (Å²) in [5.41, 5.74) is 1.04. The number of hydrogen-bond donors (Lipinski definition) is 2. The van der Waals surface area contributed by atoms with Gasteiger partial charge < -0.3 is 0 Å². The third-order valence-corrected chi connectivity index (χ3v) is 3.96. The fourth-order valence-corrected chi connectivity index (χ4v) is 2.73. The molecule has 3 nitrogen and oxygen atoms in total. The molecule has 16 heavy (non-hydrogen) atoms. The number of nitrogens with zero attached hydrogens (tertiary/aromatic N) is 2. The molecule has 1 atom stereocenters. The Morgan fingerprint density at radius 3 is 2.69 bits per heavy atom. The second-order valence-electron chi connectivity index (χ2n) is 3.54. The maximum Gasteiger partial charge on any atom is 0.105 e. The number of nitroso groups, excluding NO2 is 1. The molecule has 1 unspecified atom stereocenters. The number of rotatable bonds is 5. The maximum absolute atomic E-state index is 10.4. The molecule has 0 saturated carbocycles. The quantitative estimate of drug-likeness (QED) is 0.275. The van der Waals surface area contributed by atoms with Crippen molar-refractivity contribution in [3.05, 3.63) is 32.5 Å². The van der Waals surface area contributed by atoms with E-state index in [0.717, 1.165) is 15.7 Å². The zero-order chi connectivity index (χ0) is 12.2. The van der Waals surface area contributed by atoms with Crippen molar-refractivity contribution in [2.45, 2.75) is 23.3 Å². The predicted molar refractivity (Wildman–Crippen MR) is 81.4 cm³/mol. The average molecular weight is 368 g/mol. The van der Waals surface area contributed by atoms with E-state index < -0.39 is 4.08 Å². The van der Waals surface area contributed by atoms with E-state index in [0.29, 0.717) is 0 Å². The molecule has 0 aliphatic carbocycles. The molecular formula is C10H13IN2OS2. The van der Waals surface area contributed by atoms with E-state index in [4.69, 9.17) is 0 Å². The van der Waals surface area contributed by atoms with Crippen LogP contribution in [-0.4, -0.2) is 15.6 Å². The molecule has 1 aromatic heterocycles. The van der Waals surface area contributed by atoms with Crippen LogP contribution in [0.5, 0.6) is 0 Å². The van der Waals surface area contributed by atoms with Crippen molar-refractivity contribution in [3.8, 4) is 0 Å². The van der Waals surface area contributed by atoms with Gasteiger partial charge in [0.05, 0.1) is 4.08 Å². The molecule has 0 spiro atoms. The second-order valence-corrected chi connectivity index (χ2v) is 6.59. The number of aromatic nitrogens is 1. The molecule has 0 aliphatic heterocycles. The summed E-state index contributed by atoms with van der Waals surface area (Å²) in [6.07, 6.45) is 2.65. The molecule has 0 N–H and O–H groups in total. The first-order valence-electron chi connectivity index (χ1n) is 4.86. The van der Waals surface area contributed by atoms with Crippen molar-refractivity contribution in [1.29, 1.82) is 0 Å². The minimum Gasteiger partial charge on any atom is -0.250 e. The second kappa shape index (κ2) is 6.20. The standard InChI is InChI=1S/C10H13IN2OS2/c1-2-8(10(15,16)6-13-14)7-3-4-9(11)12-5-7/h3-5,8,15-16H,2,6H2,1H3. The van der Waals surface area contributed by atoms with Crippen LogP contribution in [0.2, 0.25) is 0 Å². The van der Waals surface area contributed by atoms with Crippen LogP contribution in [0.25, 0.3) is 0 Å².